The highest BCUT2D eigenvalue weighted by molar-refractivity contribution is 7.90. The van der Waals surface area contributed by atoms with Crippen LogP contribution in [0.4, 0.5) is 13.2 Å². The second kappa shape index (κ2) is 35.1. The molecule has 30 heteroatoms. The minimum atomic E-state index is -4.14. The Kier molecular flexibility index (Phi) is 27.5. The molecule has 558 valence electrons. The predicted octanol–water partition coefficient (Wildman–Crippen LogP) is 12.4. The van der Waals surface area contributed by atoms with Gasteiger partial charge in [0.25, 0.3) is 30.1 Å². The molecule has 9 rings (SSSR count). The molecule has 0 aliphatic rings. The van der Waals surface area contributed by atoms with Gasteiger partial charge >= 0.3 is 0 Å². The normalized spacial score (nSPS) is 11.7. The fraction of sp³-hybridized carbons (Fsp3) is 0.392. The van der Waals surface area contributed by atoms with Gasteiger partial charge in [-0.2, -0.15) is 15.3 Å². The lowest BCUT2D eigenvalue weighted by Crippen LogP contribution is -2.32. The molecule has 3 aromatic carbocycles. The molecule has 0 aliphatic carbocycles. The van der Waals surface area contributed by atoms with Gasteiger partial charge in [-0.3, -0.25) is 28.4 Å². The summed E-state index contributed by atoms with van der Waals surface area (Å²) in [6.07, 6.45) is 8.87. The second-order valence-corrected chi connectivity index (χ2v) is 31.6. The Balaban J connectivity index is 0.000000218. The van der Waals surface area contributed by atoms with Gasteiger partial charge in [-0.15, -0.1) is 0 Å². The molecule has 0 unspecified atom stereocenters. The first kappa shape index (κ1) is 81.5. The SMILES string of the molecule is CCCn1cc(S(=O)(=O)NC(=O)Cc2c(-c3ccnc(OC)c3)cc(F)cc2C(C)C)c(C)n1.COc1cc(-c2cc(F)cc(C(C)C)c2CC(=O)NS(=O)(=O)c2cn(CC(C)C)nc2C)ccn1.COc1cc(-c2cc(F)cc(C(C)C)c2CC(=O)NS(=O)(=O)c2cn(CC(C)C)nc2C)ccn1. The first-order valence-electron chi connectivity index (χ1n) is 33.6. The highest BCUT2D eigenvalue weighted by Crippen LogP contribution is 2.37. The summed E-state index contributed by atoms with van der Waals surface area (Å²) in [5, 5.41) is 12.7. The number of methoxy groups -OCH3 is 3. The lowest BCUT2D eigenvalue weighted by atomic mass is 9.88. The molecule has 0 saturated heterocycles. The minimum Gasteiger partial charge on any atom is -0.481 e. The number of sulfonamides is 3. The summed E-state index contributed by atoms with van der Waals surface area (Å²) < 4.78 is 148. The quantitative estimate of drug-likeness (QED) is 0.0431. The molecule has 6 aromatic heterocycles. The van der Waals surface area contributed by atoms with Crippen molar-refractivity contribution < 1.29 is 67.0 Å². The van der Waals surface area contributed by atoms with E-state index in [1.165, 1.54) is 94.9 Å². The average molecular weight is 1490 g/mol. The van der Waals surface area contributed by atoms with Crippen LogP contribution in [0.15, 0.2) is 125 Å². The lowest BCUT2D eigenvalue weighted by Gasteiger charge is -2.18. The molecule has 3 N–H and O–H groups in total. The Bertz CT molecular complexity index is 4730. The van der Waals surface area contributed by atoms with Gasteiger partial charge in [-0.05, 0) is 178 Å². The van der Waals surface area contributed by atoms with E-state index in [1.54, 1.807) is 71.2 Å². The maximum atomic E-state index is 14.6. The first-order valence-corrected chi connectivity index (χ1v) is 38.1. The Morgan fingerprint density at radius 3 is 0.952 bits per heavy atom. The van der Waals surface area contributed by atoms with Crippen molar-refractivity contribution in [3.63, 3.8) is 0 Å². The molecule has 0 spiro atoms. The summed E-state index contributed by atoms with van der Waals surface area (Å²) in [5.74, 6) is -2.29. The van der Waals surface area contributed by atoms with Crippen LogP contribution in [0.5, 0.6) is 17.6 Å². The Morgan fingerprint density at radius 1 is 0.433 bits per heavy atom. The third kappa shape index (κ3) is 21.2. The molecule has 3 amide bonds. The molecule has 0 saturated carbocycles. The van der Waals surface area contributed by atoms with Crippen molar-refractivity contribution >= 4 is 47.8 Å². The van der Waals surface area contributed by atoms with Gasteiger partial charge < -0.3 is 14.2 Å². The molecule has 0 radical (unpaired) electrons. The number of nitrogens with zero attached hydrogens (tertiary/aromatic N) is 9. The van der Waals surface area contributed by atoms with Crippen LogP contribution in [0, 0.1) is 50.1 Å². The van der Waals surface area contributed by atoms with E-state index < -0.39 is 65.2 Å². The number of aryl methyl sites for hydroxylation is 4. The number of pyridine rings is 3. The van der Waals surface area contributed by atoms with Crippen molar-refractivity contribution in [2.24, 2.45) is 11.8 Å². The summed E-state index contributed by atoms with van der Waals surface area (Å²) in [6.45, 7) is 27.7. The third-order valence-electron chi connectivity index (χ3n) is 16.3. The number of carbonyl (C=O) groups excluding carboxylic acids is 3. The number of amides is 3. The monoisotopic (exact) mass is 1490 g/mol. The van der Waals surface area contributed by atoms with Crippen molar-refractivity contribution in [3.8, 4) is 51.0 Å². The van der Waals surface area contributed by atoms with E-state index in [1.807, 2.05) is 76.2 Å². The predicted molar refractivity (Wildman–Crippen MR) is 389 cm³/mol. The third-order valence-corrected chi connectivity index (χ3v) is 20.7. The molecule has 0 aliphatic heterocycles. The topological polar surface area (TPSA) is 310 Å². The number of carbonyl (C=O) groups is 3. The van der Waals surface area contributed by atoms with E-state index in [2.05, 4.69) is 44.4 Å². The van der Waals surface area contributed by atoms with E-state index in [-0.39, 0.29) is 63.5 Å². The van der Waals surface area contributed by atoms with Crippen LogP contribution in [-0.4, -0.2) is 109 Å². The molecule has 24 nitrogen and oxygen atoms in total. The second-order valence-electron chi connectivity index (χ2n) is 26.6. The number of rotatable bonds is 27. The molecule has 6 heterocycles. The van der Waals surface area contributed by atoms with Crippen LogP contribution in [-0.2, 0) is 83.4 Å². The Hall–Kier alpha value is -9.81. The van der Waals surface area contributed by atoms with Crippen molar-refractivity contribution in [1.82, 2.24) is 58.5 Å². The average Bonchev–Trinajstić information content (AvgIpc) is 1.34. The number of halogens is 3. The first-order chi connectivity index (χ1) is 48.9. The number of hydrogen-bond acceptors (Lipinski definition) is 18. The van der Waals surface area contributed by atoms with E-state index in [0.717, 1.165) is 6.42 Å². The van der Waals surface area contributed by atoms with Gasteiger partial charge in [0.15, 0.2) is 0 Å². The van der Waals surface area contributed by atoms with Crippen molar-refractivity contribution in [3.05, 3.63) is 178 Å². The Morgan fingerprint density at radius 2 is 0.702 bits per heavy atom. The standard InChI is InChI=1S/2C25H31FN4O4S.C24H29FN4O4S/c2*1-15(2)13-30-14-23(17(5)28-30)35(32,33)29-24(31)12-22-20(16(3)4)10-19(26)11-21(22)18-7-8-27-25(9-18)34-6;1-6-9-29-14-22(16(4)27-29)34(31,32)28-23(30)13-21-19(15(2)3)11-18(25)12-20(21)17-7-8-26-24(10-17)33-5/h2*7-11,14-16H,12-13H2,1-6H3,(H,29,31);7-8,10-12,14-15H,6,9,13H2,1-5H3,(H,28,30). The van der Waals surface area contributed by atoms with Crippen molar-refractivity contribution in [1.29, 1.82) is 0 Å². The van der Waals surface area contributed by atoms with E-state index >= 15 is 0 Å². The summed E-state index contributed by atoms with van der Waals surface area (Å²) in [5.41, 5.74) is 7.62. The lowest BCUT2D eigenvalue weighted by molar-refractivity contribution is -0.119. The highest BCUT2D eigenvalue weighted by atomic mass is 32.2. The van der Waals surface area contributed by atoms with E-state index in [0.29, 0.717) is 121 Å². The van der Waals surface area contributed by atoms with Crippen LogP contribution >= 0.6 is 0 Å². The summed E-state index contributed by atoms with van der Waals surface area (Å²) >= 11 is 0. The van der Waals surface area contributed by atoms with Crippen molar-refractivity contribution in [2.75, 3.05) is 21.3 Å². The fourth-order valence-corrected chi connectivity index (χ4v) is 15.2. The summed E-state index contributed by atoms with van der Waals surface area (Å²) in [4.78, 5) is 51.1. The number of benzene rings is 3. The van der Waals surface area contributed by atoms with E-state index in [9.17, 15) is 52.8 Å². The Labute approximate surface area is 606 Å². The van der Waals surface area contributed by atoms with Crippen LogP contribution in [0.3, 0.4) is 0 Å². The van der Waals surface area contributed by atoms with Gasteiger partial charge in [0.2, 0.25) is 35.4 Å². The minimum absolute atomic E-state index is 0.0448. The van der Waals surface area contributed by atoms with Crippen molar-refractivity contribution in [2.45, 2.75) is 175 Å². The van der Waals surface area contributed by atoms with Crippen LogP contribution < -0.4 is 28.4 Å². The smallest absolute Gasteiger partial charge is 0.267 e. The molecule has 0 fully saturated rings. The molecule has 0 atom stereocenters. The van der Waals surface area contributed by atoms with Crippen LogP contribution in [0.1, 0.15) is 151 Å². The van der Waals surface area contributed by atoms with Gasteiger partial charge in [-0.25, -0.2) is 67.5 Å². The maximum Gasteiger partial charge on any atom is 0.267 e. The zero-order chi connectivity index (χ0) is 76.9. The van der Waals surface area contributed by atoms with Gasteiger partial charge in [-0.1, -0.05) is 76.2 Å². The number of aromatic nitrogens is 9. The van der Waals surface area contributed by atoms with Gasteiger partial charge in [0.1, 0.15) is 32.1 Å². The number of hydrogen-bond donors (Lipinski definition) is 3. The van der Waals surface area contributed by atoms with Gasteiger partial charge in [0.05, 0.1) is 57.7 Å². The fourth-order valence-electron chi connectivity index (χ4n) is 11.7. The number of nitrogens with one attached hydrogen (secondary N) is 3. The zero-order valence-corrected chi connectivity index (χ0v) is 64.0. The number of ether oxygens (including phenoxy) is 3. The molecular weight excluding hydrogens is 1400 g/mol. The zero-order valence-electron chi connectivity index (χ0n) is 61.5. The molecular formula is C74H91F3N12O12S3. The summed E-state index contributed by atoms with van der Waals surface area (Å²) in [7, 11) is -7.99. The maximum absolute atomic E-state index is 14.6. The van der Waals surface area contributed by atoms with E-state index in [4.69, 9.17) is 14.2 Å². The highest BCUT2D eigenvalue weighted by Gasteiger charge is 2.30. The van der Waals surface area contributed by atoms with Crippen LogP contribution in [0.25, 0.3) is 33.4 Å². The molecule has 9 aromatic rings. The molecule has 0 bridgehead atoms. The largest absolute Gasteiger partial charge is 0.481 e. The van der Waals surface area contributed by atoms with Gasteiger partial charge in [0, 0.05) is 75.0 Å². The summed E-state index contributed by atoms with van der Waals surface area (Å²) in [6, 6.07) is 18.1. The van der Waals surface area contributed by atoms with Crippen LogP contribution in [0.2, 0.25) is 0 Å². The molecule has 104 heavy (non-hydrogen) atoms.